The summed E-state index contributed by atoms with van der Waals surface area (Å²) >= 11 is 0. The van der Waals surface area contributed by atoms with Gasteiger partial charge in [0.25, 0.3) is 0 Å². The molecule has 3 rings (SSSR count). The largest absolute Gasteiger partial charge is 0.527 e. The molecule has 2 aromatic rings. The van der Waals surface area contributed by atoms with Crippen molar-refractivity contribution in [1.82, 2.24) is 5.06 Å². The third-order valence-electron chi connectivity index (χ3n) is 5.30. The average Bonchev–Trinajstić information content (AvgIpc) is 3.04. The number of ether oxygens (including phenoxy) is 1. The number of carboxylic acids is 1. The normalized spacial score (nSPS) is 15.5. The van der Waals surface area contributed by atoms with Crippen molar-refractivity contribution in [3.8, 4) is 11.1 Å². The molecule has 0 fully saturated rings. The highest BCUT2D eigenvalue weighted by Crippen LogP contribution is 2.44. The first-order valence-corrected chi connectivity index (χ1v) is 10.1. The van der Waals surface area contributed by atoms with E-state index in [9.17, 15) is 33.0 Å². The summed E-state index contributed by atoms with van der Waals surface area (Å²) in [5.74, 6) is -2.34. The molecular weight excluding hydrogens is 443 g/mol. The van der Waals surface area contributed by atoms with Crippen molar-refractivity contribution in [2.45, 2.75) is 50.6 Å². The Kier molecular flexibility index (Phi) is 6.71. The highest BCUT2D eigenvalue weighted by molar-refractivity contribution is 5.79. The van der Waals surface area contributed by atoms with Crippen LogP contribution < -0.4 is 0 Å². The van der Waals surface area contributed by atoms with Crippen LogP contribution in [0, 0.1) is 0 Å². The molecule has 7 nitrogen and oxygen atoms in total. The van der Waals surface area contributed by atoms with Gasteiger partial charge in [-0.25, -0.2) is 4.79 Å². The van der Waals surface area contributed by atoms with Crippen LogP contribution >= 0.6 is 0 Å². The van der Waals surface area contributed by atoms with Gasteiger partial charge < -0.3 is 19.8 Å². The number of benzene rings is 2. The Balaban J connectivity index is 1.79. The number of halogens is 3. The molecule has 0 spiro atoms. The van der Waals surface area contributed by atoms with Gasteiger partial charge in [-0.1, -0.05) is 48.5 Å². The molecule has 1 aliphatic rings. The predicted molar refractivity (Wildman–Crippen MR) is 111 cm³/mol. The molecule has 0 radical (unpaired) electrons. The first kappa shape index (κ1) is 24.5. The summed E-state index contributed by atoms with van der Waals surface area (Å²) < 4.78 is 44.4. The molecule has 0 unspecified atom stereocenters. The van der Waals surface area contributed by atoms with Gasteiger partial charge in [-0.2, -0.15) is 13.2 Å². The molecular formula is C23H24F3NO6. The number of fused-ring (bicyclic) bond motifs is 3. The summed E-state index contributed by atoms with van der Waals surface area (Å²) in [6.45, 7) is 3.83. The minimum atomic E-state index is -5.25. The third kappa shape index (κ3) is 5.12. The fourth-order valence-electron chi connectivity index (χ4n) is 3.85. The van der Waals surface area contributed by atoms with E-state index in [1.54, 1.807) is 0 Å². The molecule has 0 bridgehead atoms. The van der Waals surface area contributed by atoms with Crippen LogP contribution in [0.3, 0.4) is 0 Å². The second kappa shape index (κ2) is 9.03. The Morgan fingerprint density at radius 2 is 1.48 bits per heavy atom. The van der Waals surface area contributed by atoms with Gasteiger partial charge >= 0.3 is 18.3 Å². The van der Waals surface area contributed by atoms with Crippen molar-refractivity contribution in [2.75, 3.05) is 6.61 Å². The number of hydroxylamine groups is 2. The lowest BCUT2D eigenvalue weighted by atomic mass is 9.98. The number of aliphatic hydroxyl groups excluding tert-OH is 1. The molecule has 1 aliphatic carbocycles. The van der Waals surface area contributed by atoms with Gasteiger partial charge in [0.15, 0.2) is 12.1 Å². The minimum absolute atomic E-state index is 0.176. The summed E-state index contributed by atoms with van der Waals surface area (Å²) in [6, 6.07) is 12.5. The molecule has 178 valence electrons. The molecule has 0 saturated carbocycles. The summed E-state index contributed by atoms with van der Waals surface area (Å²) in [7, 11) is 0. The Morgan fingerprint density at radius 3 is 1.91 bits per heavy atom. The fourth-order valence-corrected chi connectivity index (χ4v) is 3.85. The lowest BCUT2D eigenvalue weighted by Crippen LogP contribution is -2.60. The Labute approximate surface area is 188 Å². The van der Waals surface area contributed by atoms with Crippen molar-refractivity contribution < 1.29 is 42.5 Å². The third-order valence-corrected chi connectivity index (χ3v) is 5.30. The number of hydrogen-bond acceptors (Lipinski definition) is 6. The van der Waals surface area contributed by atoms with Gasteiger partial charge in [0.1, 0.15) is 6.61 Å². The number of aliphatic carboxylic acids is 1. The van der Waals surface area contributed by atoms with Crippen LogP contribution in [0.25, 0.3) is 11.1 Å². The van der Waals surface area contributed by atoms with E-state index in [0.29, 0.717) is 5.06 Å². The number of carbonyl (C=O) groups excluding carboxylic acids is 1. The van der Waals surface area contributed by atoms with E-state index in [1.807, 2.05) is 48.5 Å². The van der Waals surface area contributed by atoms with Crippen LogP contribution in [0.2, 0.25) is 0 Å². The quantitative estimate of drug-likeness (QED) is 0.482. The van der Waals surface area contributed by atoms with Gasteiger partial charge in [-0.05, 0) is 43.0 Å². The number of rotatable bonds is 6. The van der Waals surface area contributed by atoms with Crippen LogP contribution in [0.5, 0.6) is 0 Å². The van der Waals surface area contributed by atoms with E-state index < -0.39 is 36.0 Å². The van der Waals surface area contributed by atoms with Crippen molar-refractivity contribution in [3.63, 3.8) is 0 Å². The Bertz CT molecular complexity index is 988. The van der Waals surface area contributed by atoms with E-state index in [-0.39, 0.29) is 12.5 Å². The molecule has 2 atom stereocenters. The van der Waals surface area contributed by atoms with Crippen molar-refractivity contribution in [3.05, 3.63) is 59.7 Å². The molecule has 10 heteroatoms. The number of alkyl halides is 3. The van der Waals surface area contributed by atoms with Crippen LogP contribution in [-0.4, -0.2) is 57.9 Å². The standard InChI is InChI=1S/C23H24F3NO6/c1-22(2,3)27(18(20(29)30)19(28)23(24,25)26)33-21(31)32-12-17-15-10-6-4-8-13(15)14-9-5-7-11-16(14)17/h4-11,17-19,28H,12H2,1-3H3,(H,29,30)/t18-,19+/m0/s1. The second-order valence-electron chi connectivity index (χ2n) is 8.65. The SMILES string of the molecule is CC(C)(C)N(OC(=O)OCC1c2ccccc2-c2ccccc21)[C@H](C(=O)O)[C@@H](O)C(F)(F)F. The van der Waals surface area contributed by atoms with Crippen molar-refractivity contribution in [2.24, 2.45) is 0 Å². The monoisotopic (exact) mass is 467 g/mol. The molecule has 0 amide bonds. The smallest absolute Gasteiger partial charge is 0.480 e. The van der Waals surface area contributed by atoms with Gasteiger partial charge in [0.05, 0.1) is 0 Å². The summed E-state index contributed by atoms with van der Waals surface area (Å²) in [5.41, 5.74) is 2.38. The summed E-state index contributed by atoms with van der Waals surface area (Å²) in [6.07, 6.45) is -9.93. The number of hydrogen-bond donors (Lipinski definition) is 2. The fraction of sp³-hybridized carbons (Fsp3) is 0.391. The number of nitrogens with zero attached hydrogens (tertiary/aromatic N) is 1. The van der Waals surface area contributed by atoms with Crippen LogP contribution in [0.4, 0.5) is 18.0 Å². The predicted octanol–water partition coefficient (Wildman–Crippen LogP) is 4.34. The summed E-state index contributed by atoms with van der Waals surface area (Å²) in [5, 5.41) is 19.2. The van der Waals surface area contributed by atoms with E-state index >= 15 is 0 Å². The van der Waals surface area contributed by atoms with Crippen LogP contribution in [0.15, 0.2) is 48.5 Å². The van der Waals surface area contributed by atoms with E-state index in [1.165, 1.54) is 20.8 Å². The van der Waals surface area contributed by atoms with Gasteiger partial charge in [-0.15, -0.1) is 5.06 Å². The maximum Gasteiger partial charge on any atom is 0.527 e. The lowest BCUT2D eigenvalue weighted by molar-refractivity contribution is -0.274. The zero-order valence-corrected chi connectivity index (χ0v) is 18.2. The molecule has 2 N–H and O–H groups in total. The zero-order chi connectivity index (χ0) is 24.6. The molecule has 2 aromatic carbocycles. The highest BCUT2D eigenvalue weighted by atomic mass is 19.4. The van der Waals surface area contributed by atoms with Gasteiger partial charge in [0.2, 0.25) is 0 Å². The first-order valence-electron chi connectivity index (χ1n) is 10.1. The summed E-state index contributed by atoms with van der Waals surface area (Å²) in [4.78, 5) is 28.9. The van der Waals surface area contributed by atoms with Gasteiger partial charge in [-0.3, -0.25) is 4.79 Å². The van der Waals surface area contributed by atoms with Crippen LogP contribution in [-0.2, 0) is 14.4 Å². The lowest BCUT2D eigenvalue weighted by Gasteiger charge is -2.38. The van der Waals surface area contributed by atoms with Crippen LogP contribution in [0.1, 0.15) is 37.8 Å². The molecule has 33 heavy (non-hydrogen) atoms. The maximum absolute atomic E-state index is 13.1. The number of carboxylic acid groups (broad SMARTS) is 1. The topological polar surface area (TPSA) is 96.3 Å². The molecule has 0 saturated heterocycles. The minimum Gasteiger partial charge on any atom is -0.480 e. The number of aliphatic hydroxyl groups is 1. The van der Waals surface area contributed by atoms with Crippen molar-refractivity contribution in [1.29, 1.82) is 0 Å². The van der Waals surface area contributed by atoms with Crippen molar-refractivity contribution >= 4 is 12.1 Å². The maximum atomic E-state index is 13.1. The van der Waals surface area contributed by atoms with Gasteiger partial charge in [0, 0.05) is 11.5 Å². The first-order chi connectivity index (χ1) is 15.3. The average molecular weight is 467 g/mol. The molecule has 0 aromatic heterocycles. The Morgan fingerprint density at radius 1 is 1.00 bits per heavy atom. The van der Waals surface area contributed by atoms with E-state index in [4.69, 9.17) is 9.57 Å². The number of carbonyl (C=O) groups is 2. The zero-order valence-electron chi connectivity index (χ0n) is 18.2. The van der Waals surface area contributed by atoms with E-state index in [2.05, 4.69) is 0 Å². The highest BCUT2D eigenvalue weighted by Gasteiger charge is 2.53. The van der Waals surface area contributed by atoms with E-state index in [0.717, 1.165) is 22.3 Å². The molecule has 0 aliphatic heterocycles. The molecule has 0 heterocycles. The Hall–Kier alpha value is -3.11. The second-order valence-corrected chi connectivity index (χ2v) is 8.65.